The van der Waals surface area contributed by atoms with Crippen LogP contribution in [0.2, 0.25) is 0 Å². The summed E-state index contributed by atoms with van der Waals surface area (Å²) in [4.78, 5) is 0. The molecule has 0 bridgehead atoms. The van der Waals surface area contributed by atoms with Crippen LogP contribution in [0, 0.1) is 17.2 Å². The molecule has 0 aromatic heterocycles. The van der Waals surface area contributed by atoms with Crippen LogP contribution in [0.5, 0.6) is 0 Å². The van der Waals surface area contributed by atoms with Gasteiger partial charge in [0.25, 0.3) is 0 Å². The van der Waals surface area contributed by atoms with Crippen molar-refractivity contribution in [3.05, 3.63) is 0 Å². The molecular weight excluding hydrogens is 204 g/mol. The van der Waals surface area contributed by atoms with Gasteiger partial charge >= 0.3 is 0 Å². The van der Waals surface area contributed by atoms with Crippen molar-refractivity contribution in [2.45, 2.75) is 43.8 Å². The number of nitrogens with zero attached hydrogens (tertiary/aromatic N) is 1. The van der Waals surface area contributed by atoms with E-state index in [9.17, 15) is 0 Å². The van der Waals surface area contributed by atoms with Crippen molar-refractivity contribution in [2.24, 2.45) is 5.92 Å². The standard InChI is InChI=1S/C12H22N2S/c1-11(8-13)9-14-10-12(15-2)6-4-3-5-7-12/h11,14H,3-7,9-10H2,1-2H3. The Kier molecular flexibility index (Phi) is 5.49. The molecule has 0 aromatic carbocycles. The first-order valence-corrected chi connectivity index (χ1v) is 7.10. The third-order valence-corrected chi connectivity index (χ3v) is 4.73. The van der Waals surface area contributed by atoms with Gasteiger partial charge in [-0.25, -0.2) is 0 Å². The van der Waals surface area contributed by atoms with Crippen molar-refractivity contribution in [2.75, 3.05) is 19.3 Å². The van der Waals surface area contributed by atoms with Gasteiger partial charge in [-0.15, -0.1) is 0 Å². The number of thioether (sulfide) groups is 1. The first kappa shape index (κ1) is 12.9. The summed E-state index contributed by atoms with van der Waals surface area (Å²) in [5, 5.41) is 12.2. The maximum absolute atomic E-state index is 8.70. The lowest BCUT2D eigenvalue weighted by molar-refractivity contribution is 0.376. The second-order valence-electron chi connectivity index (χ2n) is 4.61. The molecular formula is C12H22N2S. The SMILES string of the molecule is CSC1(CNCC(C)C#N)CCCCC1. The van der Waals surface area contributed by atoms with Crippen LogP contribution >= 0.6 is 11.8 Å². The van der Waals surface area contributed by atoms with E-state index < -0.39 is 0 Å². The van der Waals surface area contributed by atoms with Gasteiger partial charge in [0.05, 0.1) is 12.0 Å². The largest absolute Gasteiger partial charge is 0.314 e. The topological polar surface area (TPSA) is 35.8 Å². The van der Waals surface area contributed by atoms with Crippen LogP contribution < -0.4 is 5.32 Å². The number of nitrogens with one attached hydrogen (secondary N) is 1. The Balaban J connectivity index is 2.30. The molecule has 1 N–H and O–H groups in total. The van der Waals surface area contributed by atoms with Gasteiger partial charge in [0.15, 0.2) is 0 Å². The molecule has 15 heavy (non-hydrogen) atoms. The normalized spacial score (nSPS) is 21.9. The molecule has 1 saturated carbocycles. The van der Waals surface area contributed by atoms with E-state index in [4.69, 9.17) is 5.26 Å². The Morgan fingerprint density at radius 2 is 2.07 bits per heavy atom. The lowest BCUT2D eigenvalue weighted by Crippen LogP contribution is -2.40. The van der Waals surface area contributed by atoms with Crippen molar-refractivity contribution in [3.8, 4) is 6.07 Å². The second kappa shape index (κ2) is 6.40. The van der Waals surface area contributed by atoms with E-state index in [2.05, 4.69) is 17.6 Å². The van der Waals surface area contributed by atoms with E-state index in [-0.39, 0.29) is 5.92 Å². The average molecular weight is 226 g/mol. The molecule has 1 aliphatic rings. The Labute approximate surface area is 97.8 Å². The van der Waals surface area contributed by atoms with E-state index in [0.717, 1.165) is 13.1 Å². The van der Waals surface area contributed by atoms with Crippen LogP contribution in [0.15, 0.2) is 0 Å². The first-order chi connectivity index (χ1) is 7.22. The predicted molar refractivity (Wildman–Crippen MR) is 67.0 cm³/mol. The molecule has 1 unspecified atom stereocenters. The molecule has 3 heteroatoms. The predicted octanol–water partition coefficient (Wildman–Crippen LogP) is 2.80. The fourth-order valence-electron chi connectivity index (χ4n) is 2.21. The Hall–Kier alpha value is -0.200. The molecule has 86 valence electrons. The second-order valence-corrected chi connectivity index (χ2v) is 5.88. The van der Waals surface area contributed by atoms with Crippen molar-refractivity contribution in [1.29, 1.82) is 5.26 Å². The van der Waals surface area contributed by atoms with Gasteiger partial charge in [0, 0.05) is 17.8 Å². The quantitative estimate of drug-likeness (QED) is 0.783. The van der Waals surface area contributed by atoms with Gasteiger partial charge in [-0.2, -0.15) is 17.0 Å². The summed E-state index contributed by atoms with van der Waals surface area (Å²) in [5.41, 5.74) is 0. The van der Waals surface area contributed by atoms with Crippen LogP contribution in [-0.2, 0) is 0 Å². The summed E-state index contributed by atoms with van der Waals surface area (Å²) >= 11 is 2.01. The molecule has 0 radical (unpaired) electrons. The minimum Gasteiger partial charge on any atom is -0.314 e. The van der Waals surface area contributed by atoms with Gasteiger partial charge in [0.2, 0.25) is 0 Å². The monoisotopic (exact) mass is 226 g/mol. The third kappa shape index (κ3) is 4.04. The maximum atomic E-state index is 8.70. The highest BCUT2D eigenvalue weighted by Gasteiger charge is 2.30. The lowest BCUT2D eigenvalue weighted by Gasteiger charge is -2.36. The van der Waals surface area contributed by atoms with Crippen molar-refractivity contribution in [3.63, 3.8) is 0 Å². The van der Waals surface area contributed by atoms with E-state index >= 15 is 0 Å². The molecule has 0 aromatic rings. The minimum absolute atomic E-state index is 0.132. The minimum atomic E-state index is 0.132. The van der Waals surface area contributed by atoms with Crippen LogP contribution in [0.1, 0.15) is 39.0 Å². The molecule has 1 aliphatic carbocycles. The van der Waals surface area contributed by atoms with Crippen molar-refractivity contribution in [1.82, 2.24) is 5.32 Å². The molecule has 0 heterocycles. The van der Waals surface area contributed by atoms with Crippen LogP contribution in [0.3, 0.4) is 0 Å². The lowest BCUT2D eigenvalue weighted by atomic mass is 9.88. The summed E-state index contributed by atoms with van der Waals surface area (Å²) in [5.74, 6) is 0.132. The summed E-state index contributed by atoms with van der Waals surface area (Å²) < 4.78 is 0.452. The van der Waals surface area contributed by atoms with Gasteiger partial charge in [-0.1, -0.05) is 19.3 Å². The molecule has 0 aliphatic heterocycles. The zero-order valence-electron chi connectivity index (χ0n) is 9.88. The maximum Gasteiger partial charge on any atom is 0.0666 e. The zero-order valence-corrected chi connectivity index (χ0v) is 10.7. The van der Waals surface area contributed by atoms with Gasteiger partial charge in [0.1, 0.15) is 0 Å². The van der Waals surface area contributed by atoms with Crippen LogP contribution in [0.4, 0.5) is 0 Å². The summed E-state index contributed by atoms with van der Waals surface area (Å²) in [6.07, 6.45) is 9.04. The summed E-state index contributed by atoms with van der Waals surface area (Å²) in [6.45, 7) is 3.87. The van der Waals surface area contributed by atoms with E-state index in [1.165, 1.54) is 32.1 Å². The van der Waals surface area contributed by atoms with E-state index in [1.54, 1.807) is 0 Å². The zero-order chi connectivity index (χ0) is 11.1. The molecule has 1 rings (SSSR count). The molecule has 0 saturated heterocycles. The molecule has 1 atom stereocenters. The van der Waals surface area contributed by atoms with Gasteiger partial charge in [-0.3, -0.25) is 0 Å². The Bertz CT molecular complexity index is 216. The van der Waals surface area contributed by atoms with E-state index in [0.29, 0.717) is 4.75 Å². The fraction of sp³-hybridized carbons (Fsp3) is 0.917. The first-order valence-electron chi connectivity index (χ1n) is 5.88. The highest BCUT2D eigenvalue weighted by molar-refractivity contribution is 8.00. The number of nitriles is 1. The molecule has 1 fully saturated rings. The van der Waals surface area contributed by atoms with E-state index in [1.807, 2.05) is 18.7 Å². The summed E-state index contributed by atoms with van der Waals surface area (Å²) in [6, 6.07) is 2.26. The highest BCUT2D eigenvalue weighted by atomic mass is 32.2. The average Bonchev–Trinajstić information content (AvgIpc) is 2.30. The van der Waals surface area contributed by atoms with Gasteiger partial charge < -0.3 is 5.32 Å². The summed E-state index contributed by atoms with van der Waals surface area (Å²) in [7, 11) is 0. The van der Waals surface area contributed by atoms with Crippen molar-refractivity contribution >= 4 is 11.8 Å². The third-order valence-electron chi connectivity index (χ3n) is 3.32. The molecule has 2 nitrogen and oxygen atoms in total. The van der Waals surface area contributed by atoms with Crippen LogP contribution in [0.25, 0.3) is 0 Å². The number of hydrogen-bond donors (Lipinski definition) is 1. The molecule has 0 spiro atoms. The van der Waals surface area contributed by atoms with Crippen molar-refractivity contribution < 1.29 is 0 Å². The van der Waals surface area contributed by atoms with Gasteiger partial charge in [-0.05, 0) is 26.0 Å². The van der Waals surface area contributed by atoms with Crippen LogP contribution in [-0.4, -0.2) is 24.1 Å². The number of rotatable bonds is 5. The Morgan fingerprint density at radius 3 is 2.60 bits per heavy atom. The smallest absolute Gasteiger partial charge is 0.0666 e. The number of hydrogen-bond acceptors (Lipinski definition) is 3. The fourth-order valence-corrected chi connectivity index (χ4v) is 3.15. The molecule has 0 amide bonds. The Morgan fingerprint density at radius 1 is 1.40 bits per heavy atom. The highest BCUT2D eigenvalue weighted by Crippen LogP contribution is 2.37.